The highest BCUT2D eigenvalue weighted by molar-refractivity contribution is 7.15. The van der Waals surface area contributed by atoms with E-state index in [0.29, 0.717) is 35.4 Å². The molecule has 2 heterocycles. The van der Waals surface area contributed by atoms with Gasteiger partial charge in [-0.15, -0.1) is 11.3 Å². The molecule has 0 saturated carbocycles. The Bertz CT molecular complexity index is 966. The van der Waals surface area contributed by atoms with Gasteiger partial charge in [0.2, 0.25) is 0 Å². The molecule has 1 amide bonds. The SMILES string of the molecule is CCc1ccc(Cc2cnc(NC(=O)c3ccc4c(c3)OCCCO4)s2)cc1. The van der Waals surface area contributed by atoms with Crippen LogP contribution in [0.1, 0.15) is 39.7 Å². The Kier molecular flexibility index (Phi) is 5.58. The number of amides is 1. The third-order valence-electron chi connectivity index (χ3n) is 4.59. The lowest BCUT2D eigenvalue weighted by atomic mass is 10.1. The van der Waals surface area contributed by atoms with Gasteiger partial charge in [-0.05, 0) is 35.7 Å². The number of nitrogens with zero attached hydrogens (tertiary/aromatic N) is 1. The van der Waals surface area contributed by atoms with Crippen LogP contribution in [0.15, 0.2) is 48.7 Å². The van der Waals surface area contributed by atoms with Crippen LogP contribution in [0.25, 0.3) is 0 Å². The van der Waals surface area contributed by atoms with Crippen LogP contribution in [0.3, 0.4) is 0 Å². The third-order valence-corrected chi connectivity index (χ3v) is 5.51. The fourth-order valence-corrected chi connectivity index (χ4v) is 3.86. The summed E-state index contributed by atoms with van der Waals surface area (Å²) in [6.45, 7) is 3.37. The number of fused-ring (bicyclic) bond motifs is 1. The van der Waals surface area contributed by atoms with Crippen molar-refractivity contribution in [3.8, 4) is 11.5 Å². The van der Waals surface area contributed by atoms with E-state index in [4.69, 9.17) is 9.47 Å². The molecule has 0 saturated heterocycles. The molecule has 0 radical (unpaired) electrons. The number of nitrogens with one attached hydrogen (secondary N) is 1. The number of ether oxygens (including phenoxy) is 2. The summed E-state index contributed by atoms with van der Waals surface area (Å²) >= 11 is 1.49. The van der Waals surface area contributed by atoms with Crippen molar-refractivity contribution in [2.24, 2.45) is 0 Å². The van der Waals surface area contributed by atoms with Gasteiger partial charge in [0, 0.05) is 29.5 Å². The summed E-state index contributed by atoms with van der Waals surface area (Å²) in [5.74, 6) is 1.09. The molecule has 0 spiro atoms. The van der Waals surface area contributed by atoms with Gasteiger partial charge in [0.25, 0.3) is 5.91 Å². The van der Waals surface area contributed by atoms with Crippen molar-refractivity contribution in [1.29, 1.82) is 0 Å². The number of hydrogen-bond acceptors (Lipinski definition) is 5. The second kappa shape index (κ2) is 8.44. The van der Waals surface area contributed by atoms with Gasteiger partial charge >= 0.3 is 0 Å². The molecule has 0 aliphatic carbocycles. The molecule has 0 fully saturated rings. The molecular formula is C22H22N2O3S. The van der Waals surface area contributed by atoms with E-state index in [1.165, 1.54) is 22.5 Å². The van der Waals surface area contributed by atoms with Crippen LogP contribution < -0.4 is 14.8 Å². The summed E-state index contributed by atoms with van der Waals surface area (Å²) in [5.41, 5.74) is 3.09. The summed E-state index contributed by atoms with van der Waals surface area (Å²) in [4.78, 5) is 18.0. The minimum atomic E-state index is -0.205. The monoisotopic (exact) mass is 394 g/mol. The lowest BCUT2D eigenvalue weighted by Gasteiger charge is -2.09. The van der Waals surface area contributed by atoms with E-state index in [1.54, 1.807) is 18.2 Å². The largest absolute Gasteiger partial charge is 0.490 e. The number of aromatic nitrogens is 1. The second-order valence-electron chi connectivity index (χ2n) is 6.64. The first-order valence-electron chi connectivity index (χ1n) is 9.45. The Hall–Kier alpha value is -2.86. The summed E-state index contributed by atoms with van der Waals surface area (Å²) in [7, 11) is 0. The van der Waals surface area contributed by atoms with Gasteiger partial charge in [-0.3, -0.25) is 10.1 Å². The highest BCUT2D eigenvalue weighted by atomic mass is 32.1. The van der Waals surface area contributed by atoms with E-state index in [0.717, 1.165) is 24.1 Å². The van der Waals surface area contributed by atoms with Crippen LogP contribution in [-0.2, 0) is 12.8 Å². The van der Waals surface area contributed by atoms with Crippen LogP contribution >= 0.6 is 11.3 Å². The molecule has 1 aromatic heterocycles. The van der Waals surface area contributed by atoms with Gasteiger partial charge in [-0.1, -0.05) is 31.2 Å². The van der Waals surface area contributed by atoms with E-state index < -0.39 is 0 Å². The fraction of sp³-hybridized carbons (Fsp3) is 0.273. The van der Waals surface area contributed by atoms with E-state index >= 15 is 0 Å². The van der Waals surface area contributed by atoms with E-state index in [1.807, 2.05) is 6.20 Å². The Balaban J connectivity index is 1.41. The molecule has 4 rings (SSSR count). The van der Waals surface area contributed by atoms with Crippen molar-refractivity contribution >= 4 is 22.4 Å². The summed E-state index contributed by atoms with van der Waals surface area (Å²) < 4.78 is 11.3. The Morgan fingerprint density at radius 3 is 2.61 bits per heavy atom. The zero-order chi connectivity index (χ0) is 19.3. The highest BCUT2D eigenvalue weighted by Crippen LogP contribution is 2.31. The number of hydrogen-bond donors (Lipinski definition) is 1. The standard InChI is InChI=1S/C22H22N2O3S/c1-2-15-4-6-16(7-5-15)12-18-14-23-22(28-18)24-21(25)17-8-9-19-20(13-17)27-11-3-10-26-19/h4-9,13-14H,2-3,10-12H2,1H3,(H,23,24,25). The lowest BCUT2D eigenvalue weighted by molar-refractivity contribution is 0.102. The first kappa shape index (κ1) is 18.5. The normalized spacial score (nSPS) is 13.0. The number of anilines is 1. The second-order valence-corrected chi connectivity index (χ2v) is 7.76. The number of carbonyl (C=O) groups is 1. The van der Waals surface area contributed by atoms with Crippen LogP contribution in [0.2, 0.25) is 0 Å². The maximum Gasteiger partial charge on any atom is 0.257 e. The lowest BCUT2D eigenvalue weighted by Crippen LogP contribution is -2.11. The summed E-state index contributed by atoms with van der Waals surface area (Å²) in [6.07, 6.45) is 4.50. The fourth-order valence-electron chi connectivity index (χ4n) is 3.01. The minimum Gasteiger partial charge on any atom is -0.490 e. The predicted octanol–water partition coefficient (Wildman–Crippen LogP) is 4.71. The third kappa shape index (κ3) is 4.34. The summed E-state index contributed by atoms with van der Waals surface area (Å²) in [6, 6.07) is 13.9. The van der Waals surface area contributed by atoms with Crippen LogP contribution in [-0.4, -0.2) is 24.1 Å². The summed E-state index contributed by atoms with van der Waals surface area (Å²) in [5, 5.41) is 3.47. The highest BCUT2D eigenvalue weighted by Gasteiger charge is 2.15. The average Bonchev–Trinajstić information content (AvgIpc) is 3.01. The van der Waals surface area contributed by atoms with E-state index in [2.05, 4.69) is 41.5 Å². The van der Waals surface area contributed by atoms with Crippen LogP contribution in [0.5, 0.6) is 11.5 Å². The predicted molar refractivity (Wildman–Crippen MR) is 111 cm³/mol. The van der Waals surface area contributed by atoms with Crippen LogP contribution in [0.4, 0.5) is 5.13 Å². The van der Waals surface area contributed by atoms with Gasteiger partial charge < -0.3 is 9.47 Å². The Morgan fingerprint density at radius 1 is 1.07 bits per heavy atom. The molecule has 28 heavy (non-hydrogen) atoms. The Labute approximate surface area is 168 Å². The molecule has 6 heteroatoms. The van der Waals surface area contributed by atoms with Crippen molar-refractivity contribution in [1.82, 2.24) is 4.98 Å². The van der Waals surface area contributed by atoms with E-state index in [9.17, 15) is 4.79 Å². The van der Waals surface area contributed by atoms with E-state index in [-0.39, 0.29) is 5.91 Å². The smallest absolute Gasteiger partial charge is 0.257 e. The molecule has 1 aliphatic heterocycles. The van der Waals surface area contributed by atoms with Gasteiger partial charge in [-0.25, -0.2) is 4.98 Å². The van der Waals surface area contributed by atoms with Gasteiger partial charge in [0.05, 0.1) is 13.2 Å². The molecule has 0 bridgehead atoms. The topological polar surface area (TPSA) is 60.5 Å². The molecule has 1 N–H and O–H groups in total. The minimum absolute atomic E-state index is 0.205. The molecule has 5 nitrogen and oxygen atoms in total. The van der Waals surface area contributed by atoms with Crippen LogP contribution in [0, 0.1) is 0 Å². The van der Waals surface area contributed by atoms with Gasteiger partial charge in [-0.2, -0.15) is 0 Å². The zero-order valence-electron chi connectivity index (χ0n) is 15.7. The van der Waals surface area contributed by atoms with Crippen molar-refractivity contribution in [2.75, 3.05) is 18.5 Å². The maximum absolute atomic E-state index is 12.6. The quantitative estimate of drug-likeness (QED) is 0.681. The molecule has 3 aromatic rings. The number of benzene rings is 2. The molecule has 1 aliphatic rings. The average molecular weight is 394 g/mol. The Morgan fingerprint density at radius 2 is 1.82 bits per heavy atom. The number of aryl methyl sites for hydroxylation is 1. The van der Waals surface area contributed by atoms with Crippen molar-refractivity contribution < 1.29 is 14.3 Å². The van der Waals surface area contributed by atoms with Crippen molar-refractivity contribution in [3.05, 3.63) is 70.2 Å². The first-order chi connectivity index (χ1) is 13.7. The number of thiazole rings is 1. The molecule has 2 aromatic carbocycles. The zero-order valence-corrected chi connectivity index (χ0v) is 16.6. The van der Waals surface area contributed by atoms with Crippen molar-refractivity contribution in [2.45, 2.75) is 26.2 Å². The van der Waals surface area contributed by atoms with Crippen molar-refractivity contribution in [3.63, 3.8) is 0 Å². The molecule has 144 valence electrons. The number of carbonyl (C=O) groups excluding carboxylic acids is 1. The van der Waals surface area contributed by atoms with Gasteiger partial charge in [0.1, 0.15) is 0 Å². The molecular weight excluding hydrogens is 372 g/mol. The molecule has 0 unspecified atom stereocenters. The maximum atomic E-state index is 12.6. The molecule has 0 atom stereocenters. The first-order valence-corrected chi connectivity index (χ1v) is 10.3. The van der Waals surface area contributed by atoms with Gasteiger partial charge in [0.15, 0.2) is 16.6 Å². The number of rotatable bonds is 5.